The third kappa shape index (κ3) is 2.38. The van der Waals surface area contributed by atoms with Crippen molar-refractivity contribution in [3.05, 3.63) is 0 Å². The van der Waals surface area contributed by atoms with Crippen molar-refractivity contribution in [2.24, 2.45) is 11.8 Å². The molecule has 0 unspecified atom stereocenters. The molecule has 2 fully saturated rings. The summed E-state index contributed by atoms with van der Waals surface area (Å²) in [4.78, 5) is 14.2. The Labute approximate surface area is 97.3 Å². The van der Waals surface area contributed by atoms with Crippen molar-refractivity contribution in [1.29, 1.82) is 0 Å². The van der Waals surface area contributed by atoms with Gasteiger partial charge in [-0.25, -0.2) is 0 Å². The number of hydrogen-bond acceptors (Lipinski definition) is 3. The molecule has 0 bridgehead atoms. The Kier molecular flexibility index (Phi) is 3.22. The van der Waals surface area contributed by atoms with Crippen molar-refractivity contribution >= 4 is 5.91 Å². The second-order valence-corrected chi connectivity index (χ2v) is 5.41. The summed E-state index contributed by atoms with van der Waals surface area (Å²) in [6.07, 6.45) is 2.15. The number of ether oxygens (including phenoxy) is 1. The Morgan fingerprint density at radius 3 is 2.62 bits per heavy atom. The minimum absolute atomic E-state index is 0.0383. The van der Waals surface area contributed by atoms with Gasteiger partial charge in [0.25, 0.3) is 0 Å². The van der Waals surface area contributed by atoms with E-state index in [9.17, 15) is 4.79 Å². The Balaban J connectivity index is 1.80. The summed E-state index contributed by atoms with van der Waals surface area (Å²) in [7, 11) is 3.80. The summed E-state index contributed by atoms with van der Waals surface area (Å²) in [5.41, 5.74) is -0.0383. The minimum atomic E-state index is -0.0383. The Bertz CT molecular complexity index is 276. The van der Waals surface area contributed by atoms with Gasteiger partial charge in [-0.05, 0) is 25.8 Å². The molecule has 2 rings (SSSR count). The van der Waals surface area contributed by atoms with Crippen LogP contribution in [0.5, 0.6) is 0 Å². The maximum absolute atomic E-state index is 12.0. The van der Waals surface area contributed by atoms with Crippen LogP contribution >= 0.6 is 0 Å². The molecule has 1 amide bonds. The van der Waals surface area contributed by atoms with Crippen molar-refractivity contribution in [2.75, 3.05) is 33.8 Å². The molecule has 92 valence electrons. The first-order valence-electron chi connectivity index (χ1n) is 6.08. The molecule has 0 aromatic carbocycles. The molecule has 2 atom stereocenters. The van der Waals surface area contributed by atoms with Gasteiger partial charge < -0.3 is 15.0 Å². The van der Waals surface area contributed by atoms with Crippen LogP contribution in [-0.2, 0) is 9.53 Å². The summed E-state index contributed by atoms with van der Waals surface area (Å²) in [5.74, 6) is 0.806. The Hall–Kier alpha value is -0.610. The molecule has 0 spiro atoms. The number of amides is 1. The van der Waals surface area contributed by atoms with E-state index in [1.807, 2.05) is 0 Å². The van der Waals surface area contributed by atoms with Crippen LogP contribution in [0.25, 0.3) is 0 Å². The minimum Gasteiger partial charge on any atom is -0.376 e. The van der Waals surface area contributed by atoms with Crippen molar-refractivity contribution in [3.63, 3.8) is 0 Å². The van der Waals surface area contributed by atoms with Gasteiger partial charge in [0.1, 0.15) is 0 Å². The summed E-state index contributed by atoms with van der Waals surface area (Å²) in [6, 6.07) is 0. The normalized spacial score (nSPS) is 32.7. The first-order chi connectivity index (χ1) is 7.56. The van der Waals surface area contributed by atoms with Gasteiger partial charge in [0, 0.05) is 26.7 Å². The van der Waals surface area contributed by atoms with E-state index in [1.165, 1.54) is 0 Å². The lowest BCUT2D eigenvalue weighted by atomic mass is 9.97. The van der Waals surface area contributed by atoms with Crippen LogP contribution in [0.3, 0.4) is 0 Å². The molecule has 2 aliphatic rings. The Morgan fingerprint density at radius 1 is 1.50 bits per heavy atom. The van der Waals surface area contributed by atoms with Gasteiger partial charge in [0.2, 0.25) is 5.91 Å². The van der Waals surface area contributed by atoms with E-state index in [2.05, 4.69) is 24.2 Å². The van der Waals surface area contributed by atoms with Gasteiger partial charge >= 0.3 is 0 Å². The average molecular weight is 226 g/mol. The van der Waals surface area contributed by atoms with Gasteiger partial charge in [-0.2, -0.15) is 0 Å². The van der Waals surface area contributed by atoms with E-state index in [0.29, 0.717) is 12.5 Å². The van der Waals surface area contributed by atoms with Gasteiger partial charge in [0.15, 0.2) is 0 Å². The predicted octanol–water partition coefficient (Wildman–Crippen LogP) is 0.479. The lowest BCUT2D eigenvalue weighted by molar-refractivity contribution is -0.126. The van der Waals surface area contributed by atoms with E-state index in [0.717, 1.165) is 25.9 Å². The molecule has 1 heterocycles. The first-order valence-corrected chi connectivity index (χ1v) is 6.08. The fourth-order valence-corrected chi connectivity index (χ4v) is 2.52. The molecule has 4 heteroatoms. The lowest BCUT2D eigenvalue weighted by Crippen LogP contribution is -2.40. The smallest absolute Gasteiger partial charge is 0.224 e. The van der Waals surface area contributed by atoms with Crippen molar-refractivity contribution in [2.45, 2.75) is 25.4 Å². The highest BCUT2D eigenvalue weighted by Crippen LogP contribution is 2.38. The molecule has 0 radical (unpaired) electrons. The zero-order chi connectivity index (χ0) is 11.8. The monoisotopic (exact) mass is 226 g/mol. The topological polar surface area (TPSA) is 41.6 Å². The predicted molar refractivity (Wildman–Crippen MR) is 62.1 cm³/mol. The van der Waals surface area contributed by atoms with Crippen LogP contribution in [0.1, 0.15) is 19.8 Å². The quantitative estimate of drug-likeness (QED) is 0.758. The molecule has 1 aliphatic carbocycles. The van der Waals surface area contributed by atoms with Crippen molar-refractivity contribution in [3.8, 4) is 0 Å². The highest BCUT2D eigenvalue weighted by atomic mass is 16.5. The number of methoxy groups -OCH3 is 1. The second kappa shape index (κ2) is 4.34. The van der Waals surface area contributed by atoms with Crippen molar-refractivity contribution in [1.82, 2.24) is 10.2 Å². The van der Waals surface area contributed by atoms with Crippen LogP contribution < -0.4 is 5.32 Å². The van der Waals surface area contributed by atoms with Crippen LogP contribution in [0, 0.1) is 11.8 Å². The van der Waals surface area contributed by atoms with Gasteiger partial charge in [-0.3, -0.25) is 4.79 Å². The summed E-state index contributed by atoms with van der Waals surface area (Å²) in [5, 5.41) is 3.04. The molecule has 4 nitrogen and oxygen atoms in total. The zero-order valence-electron chi connectivity index (χ0n) is 10.5. The zero-order valence-corrected chi connectivity index (χ0v) is 10.5. The van der Waals surface area contributed by atoms with E-state index in [-0.39, 0.29) is 17.4 Å². The third-order valence-electron chi connectivity index (χ3n) is 3.96. The standard InChI is InChI=1S/C12H22N2O2/c1-9-6-14(2)7-10(9)11(15)13-8-12(16-3)4-5-12/h9-10H,4-8H2,1-3H3,(H,13,15)/t9-,10-/m0/s1. The molecule has 16 heavy (non-hydrogen) atoms. The average Bonchev–Trinajstić information content (AvgIpc) is 2.96. The van der Waals surface area contributed by atoms with E-state index >= 15 is 0 Å². The third-order valence-corrected chi connectivity index (χ3v) is 3.96. The highest BCUT2D eigenvalue weighted by Gasteiger charge is 2.44. The second-order valence-electron chi connectivity index (χ2n) is 5.41. The van der Waals surface area contributed by atoms with E-state index < -0.39 is 0 Å². The fourth-order valence-electron chi connectivity index (χ4n) is 2.52. The van der Waals surface area contributed by atoms with Crippen molar-refractivity contribution < 1.29 is 9.53 Å². The molecular weight excluding hydrogens is 204 g/mol. The molecule has 0 aromatic heterocycles. The first kappa shape index (κ1) is 11.9. The maximum Gasteiger partial charge on any atom is 0.224 e. The number of likely N-dealkylation sites (tertiary alicyclic amines) is 1. The highest BCUT2D eigenvalue weighted by molar-refractivity contribution is 5.79. The van der Waals surface area contributed by atoms with E-state index in [1.54, 1.807) is 7.11 Å². The van der Waals surface area contributed by atoms with Crippen LogP contribution in [0.15, 0.2) is 0 Å². The van der Waals surface area contributed by atoms with E-state index in [4.69, 9.17) is 4.74 Å². The molecular formula is C12H22N2O2. The number of rotatable bonds is 4. The van der Waals surface area contributed by atoms with Gasteiger partial charge in [-0.1, -0.05) is 6.92 Å². The maximum atomic E-state index is 12.0. The molecule has 1 aliphatic heterocycles. The molecule has 0 aromatic rings. The summed E-state index contributed by atoms with van der Waals surface area (Å²) < 4.78 is 5.38. The lowest BCUT2D eigenvalue weighted by Gasteiger charge is -2.18. The number of carbonyl (C=O) groups is 1. The summed E-state index contributed by atoms with van der Waals surface area (Å²) >= 11 is 0. The number of carbonyl (C=O) groups excluding carboxylic acids is 1. The number of nitrogens with one attached hydrogen (secondary N) is 1. The van der Waals surface area contributed by atoms with Crippen LogP contribution in [0.2, 0.25) is 0 Å². The number of nitrogens with zero attached hydrogens (tertiary/aromatic N) is 1. The molecule has 1 saturated heterocycles. The van der Waals surface area contributed by atoms with Gasteiger partial charge in [-0.15, -0.1) is 0 Å². The Morgan fingerprint density at radius 2 is 2.19 bits per heavy atom. The van der Waals surface area contributed by atoms with Crippen LogP contribution in [-0.4, -0.2) is 50.2 Å². The molecule has 1 saturated carbocycles. The fraction of sp³-hybridized carbons (Fsp3) is 0.917. The SMILES string of the molecule is COC1(CNC(=O)[C@H]2CN(C)C[C@@H]2C)CC1. The largest absolute Gasteiger partial charge is 0.376 e. The van der Waals surface area contributed by atoms with Gasteiger partial charge in [0.05, 0.1) is 11.5 Å². The number of hydrogen-bond donors (Lipinski definition) is 1. The molecule has 1 N–H and O–H groups in total. The van der Waals surface area contributed by atoms with Crippen LogP contribution in [0.4, 0.5) is 0 Å². The summed E-state index contributed by atoms with van der Waals surface area (Å²) in [6.45, 7) is 4.73.